The normalized spacial score (nSPS) is 13.5. The number of carboxylic acid groups (broad SMARTS) is 1. The number of amides is 2. The molecule has 2 amide bonds. The number of thioether (sulfide) groups is 1. The molecule has 0 saturated carbocycles. The number of phenolic OH excluding ortho intramolecular Hbond substituents is 1. The summed E-state index contributed by atoms with van der Waals surface area (Å²) in [6.45, 7) is 2.08. The van der Waals surface area contributed by atoms with Crippen molar-refractivity contribution < 1.29 is 38.9 Å². The second-order valence-electron chi connectivity index (χ2n) is 11.2. The quantitative estimate of drug-likeness (QED) is 0.0874. The van der Waals surface area contributed by atoms with E-state index in [1.807, 2.05) is 6.07 Å². The number of aryl methyl sites for hydroxylation is 1. The van der Waals surface area contributed by atoms with Crippen LogP contribution in [0.25, 0.3) is 0 Å². The SMILES string of the molecule is CCCCCC(CC(=O)CCc1ccc(O)c(OC)c1)SCC(NC(=O)CCC(N)C=O)C(=O)NC(Cc1ccccc1)C(=O)O. The summed E-state index contributed by atoms with van der Waals surface area (Å²) in [5, 5.41) is 24.8. The van der Waals surface area contributed by atoms with Gasteiger partial charge < -0.3 is 36.1 Å². The number of benzene rings is 2. The van der Waals surface area contributed by atoms with Crippen molar-refractivity contribution >= 4 is 41.6 Å². The maximum absolute atomic E-state index is 13.4. The fraction of sp³-hybridized carbons (Fsp3) is 0.500. The predicted octanol–water partition coefficient (Wildman–Crippen LogP) is 3.58. The molecule has 2 rings (SSSR count). The van der Waals surface area contributed by atoms with Crippen molar-refractivity contribution in [1.29, 1.82) is 0 Å². The number of ether oxygens (including phenoxy) is 1. The number of nitrogens with one attached hydrogen (secondary N) is 2. The van der Waals surface area contributed by atoms with E-state index in [1.54, 1.807) is 36.4 Å². The van der Waals surface area contributed by atoms with Gasteiger partial charge in [-0.05, 0) is 42.5 Å². The lowest BCUT2D eigenvalue weighted by molar-refractivity contribution is -0.142. The van der Waals surface area contributed by atoms with Gasteiger partial charge in [0.1, 0.15) is 24.2 Å². The van der Waals surface area contributed by atoms with Gasteiger partial charge in [-0.2, -0.15) is 11.8 Å². The zero-order chi connectivity index (χ0) is 33.9. The Bertz CT molecular complexity index is 1280. The minimum Gasteiger partial charge on any atom is -0.504 e. The molecule has 0 fully saturated rings. The maximum Gasteiger partial charge on any atom is 0.326 e. The van der Waals surface area contributed by atoms with Crippen molar-refractivity contribution in [1.82, 2.24) is 10.6 Å². The first-order valence-corrected chi connectivity index (χ1v) is 16.7. The van der Waals surface area contributed by atoms with Crippen LogP contribution in [0.4, 0.5) is 0 Å². The minimum atomic E-state index is -1.22. The summed E-state index contributed by atoms with van der Waals surface area (Å²) >= 11 is 1.40. The fourth-order valence-electron chi connectivity index (χ4n) is 4.75. The monoisotopic (exact) mass is 657 g/mol. The van der Waals surface area contributed by atoms with E-state index in [2.05, 4.69) is 17.6 Å². The lowest BCUT2D eigenvalue weighted by Crippen LogP contribution is -2.53. The molecule has 4 atom stereocenters. The Morgan fingerprint density at radius 2 is 1.72 bits per heavy atom. The zero-order valence-electron chi connectivity index (χ0n) is 26.6. The molecule has 4 unspecified atom stereocenters. The van der Waals surface area contributed by atoms with E-state index in [9.17, 15) is 34.2 Å². The molecule has 0 radical (unpaired) electrons. The van der Waals surface area contributed by atoms with Crippen molar-refractivity contribution in [2.75, 3.05) is 12.9 Å². The van der Waals surface area contributed by atoms with Crippen molar-refractivity contribution in [2.45, 2.75) is 94.5 Å². The van der Waals surface area contributed by atoms with Crippen LogP contribution in [0.5, 0.6) is 11.5 Å². The Morgan fingerprint density at radius 3 is 2.37 bits per heavy atom. The van der Waals surface area contributed by atoms with Gasteiger partial charge in [-0.25, -0.2) is 4.79 Å². The summed E-state index contributed by atoms with van der Waals surface area (Å²) in [4.78, 5) is 62.2. The average molecular weight is 658 g/mol. The molecule has 6 N–H and O–H groups in total. The van der Waals surface area contributed by atoms with Crippen molar-refractivity contribution in [3.05, 3.63) is 59.7 Å². The van der Waals surface area contributed by atoms with Crippen LogP contribution in [0.1, 0.15) is 69.4 Å². The average Bonchev–Trinajstić information content (AvgIpc) is 3.04. The Hall–Kier alpha value is -3.90. The summed E-state index contributed by atoms with van der Waals surface area (Å²) < 4.78 is 5.16. The molecule has 2 aromatic carbocycles. The number of carboxylic acids is 1. The van der Waals surface area contributed by atoms with Crippen molar-refractivity contribution in [3.63, 3.8) is 0 Å². The first-order valence-electron chi connectivity index (χ1n) is 15.6. The van der Waals surface area contributed by atoms with E-state index in [4.69, 9.17) is 10.5 Å². The highest BCUT2D eigenvalue weighted by atomic mass is 32.2. The van der Waals surface area contributed by atoms with Crippen LogP contribution in [0.15, 0.2) is 48.5 Å². The maximum atomic E-state index is 13.4. The molecule has 11 nitrogen and oxygen atoms in total. The number of phenols is 1. The largest absolute Gasteiger partial charge is 0.504 e. The van der Waals surface area contributed by atoms with E-state index in [1.165, 1.54) is 24.9 Å². The second kappa shape index (κ2) is 21.0. The van der Waals surface area contributed by atoms with Crippen LogP contribution >= 0.6 is 11.8 Å². The molecular weight excluding hydrogens is 610 g/mol. The van der Waals surface area contributed by atoms with Gasteiger partial charge >= 0.3 is 5.97 Å². The number of unbranched alkanes of at least 4 members (excludes halogenated alkanes) is 2. The highest BCUT2D eigenvalue weighted by Crippen LogP contribution is 2.28. The van der Waals surface area contributed by atoms with E-state index >= 15 is 0 Å². The highest BCUT2D eigenvalue weighted by molar-refractivity contribution is 8.00. The number of nitrogens with two attached hydrogens (primary N) is 1. The predicted molar refractivity (Wildman–Crippen MR) is 178 cm³/mol. The third kappa shape index (κ3) is 14.5. The second-order valence-corrected chi connectivity index (χ2v) is 12.6. The highest BCUT2D eigenvalue weighted by Gasteiger charge is 2.28. The van der Waals surface area contributed by atoms with E-state index < -0.39 is 35.9 Å². The number of aliphatic carboxylic acids is 1. The number of rotatable bonds is 23. The Balaban J connectivity index is 2.13. The summed E-state index contributed by atoms with van der Waals surface area (Å²) in [7, 11) is 1.46. The molecule has 252 valence electrons. The number of carbonyl (C=O) groups is 5. The number of Topliss-reactive ketones (excluding diaryl/α,β-unsaturated/α-hetero) is 1. The van der Waals surface area contributed by atoms with Crippen LogP contribution in [-0.2, 0) is 36.8 Å². The number of aromatic hydroxyl groups is 1. The zero-order valence-corrected chi connectivity index (χ0v) is 27.4. The van der Waals surface area contributed by atoms with Gasteiger partial charge in [0.05, 0.1) is 13.2 Å². The lowest BCUT2D eigenvalue weighted by Gasteiger charge is -2.24. The standard InChI is InChI=1S/C34H47N3O8S/c1-3-4-6-11-27(20-26(39)15-12-24-13-16-30(40)31(19-24)45-2)46-22-29(36-32(41)17-14-25(35)21-38)33(42)37-28(34(43)44)18-23-9-7-5-8-10-23/h5,7-10,13,16,19,21,25,27-29,40H,3-4,6,11-12,14-15,17-18,20,22,35H2,1-2H3,(H,36,41)(H,37,42)(H,43,44). The van der Waals surface area contributed by atoms with Crippen molar-refractivity contribution in [2.24, 2.45) is 5.73 Å². The third-order valence-electron chi connectivity index (χ3n) is 7.45. The van der Waals surface area contributed by atoms with Gasteiger partial charge in [-0.3, -0.25) is 14.4 Å². The van der Waals surface area contributed by atoms with Gasteiger partial charge in [0, 0.05) is 36.7 Å². The summed E-state index contributed by atoms with van der Waals surface area (Å²) in [6.07, 6.45) is 5.26. The molecule has 0 spiro atoms. The topological polar surface area (TPSA) is 185 Å². The number of ketones is 1. The van der Waals surface area contributed by atoms with E-state index in [0.717, 1.165) is 36.8 Å². The van der Waals surface area contributed by atoms with Crippen LogP contribution in [0.3, 0.4) is 0 Å². The number of carbonyl (C=O) groups excluding carboxylic acids is 4. The van der Waals surface area contributed by atoms with Gasteiger partial charge in [0.2, 0.25) is 11.8 Å². The van der Waals surface area contributed by atoms with Crippen LogP contribution in [0, 0.1) is 0 Å². The molecule has 0 aliphatic carbocycles. The first kappa shape index (κ1) is 38.3. The van der Waals surface area contributed by atoms with Crippen LogP contribution in [-0.4, -0.2) is 76.3 Å². The van der Waals surface area contributed by atoms with Crippen LogP contribution < -0.4 is 21.1 Å². The third-order valence-corrected chi connectivity index (χ3v) is 8.85. The summed E-state index contributed by atoms with van der Waals surface area (Å²) in [5.74, 6) is -1.82. The summed E-state index contributed by atoms with van der Waals surface area (Å²) in [6, 6.07) is 10.8. The molecule has 0 aromatic heterocycles. The Morgan fingerprint density at radius 1 is 0.978 bits per heavy atom. The molecule has 46 heavy (non-hydrogen) atoms. The van der Waals surface area contributed by atoms with Gasteiger partial charge in [0.25, 0.3) is 0 Å². The van der Waals surface area contributed by atoms with E-state index in [0.29, 0.717) is 18.5 Å². The number of hydrogen-bond donors (Lipinski definition) is 5. The van der Waals surface area contributed by atoms with E-state index in [-0.39, 0.29) is 54.6 Å². The van der Waals surface area contributed by atoms with Crippen LogP contribution in [0.2, 0.25) is 0 Å². The Kier molecular flexibility index (Phi) is 17.5. The summed E-state index contributed by atoms with van der Waals surface area (Å²) in [5.41, 5.74) is 7.21. The molecule has 0 aliphatic rings. The molecule has 0 heterocycles. The molecule has 0 bridgehead atoms. The molecule has 12 heteroatoms. The smallest absolute Gasteiger partial charge is 0.326 e. The molecular formula is C34H47N3O8S. The molecule has 2 aromatic rings. The first-order chi connectivity index (χ1) is 22.1. The molecule has 0 saturated heterocycles. The van der Waals surface area contributed by atoms with Crippen molar-refractivity contribution in [3.8, 4) is 11.5 Å². The lowest BCUT2D eigenvalue weighted by atomic mass is 10.0. The molecule has 0 aliphatic heterocycles. The van der Waals surface area contributed by atoms with Gasteiger partial charge in [0.15, 0.2) is 11.5 Å². The number of aldehydes is 1. The minimum absolute atomic E-state index is 0.0250. The Labute approximate surface area is 275 Å². The van der Waals surface area contributed by atoms with Gasteiger partial charge in [-0.1, -0.05) is 62.6 Å². The number of methoxy groups -OCH3 is 1. The van der Waals surface area contributed by atoms with Gasteiger partial charge in [-0.15, -0.1) is 0 Å². The fourth-order valence-corrected chi connectivity index (χ4v) is 6.09. The number of hydrogen-bond acceptors (Lipinski definition) is 9.